The number of hydrogen-bond acceptors (Lipinski definition) is 4. The summed E-state index contributed by atoms with van der Waals surface area (Å²) in [5.41, 5.74) is 0. The largest absolute Gasteiger partial charge is 0.460 e. The SMILES string of the molecule is O=COCC(F)(F)S(=O)(=O)O. The first kappa shape index (κ1) is 10.2. The average Bonchev–Trinajstić information content (AvgIpc) is 1.81. The standard InChI is InChI=1S/C3H4F2O5S/c4-3(5,1-10-2-6)11(7,8)9/h2H,1H2,(H,7,8,9). The smallest absolute Gasteiger partial charge is 0.402 e. The molecule has 5 nitrogen and oxygen atoms in total. The average molecular weight is 190 g/mol. The third-order valence-electron chi connectivity index (χ3n) is 0.697. The third kappa shape index (κ3) is 2.76. The van der Waals surface area contributed by atoms with E-state index in [-0.39, 0.29) is 6.47 Å². The van der Waals surface area contributed by atoms with Gasteiger partial charge in [-0.1, -0.05) is 0 Å². The highest BCUT2D eigenvalue weighted by molar-refractivity contribution is 7.86. The van der Waals surface area contributed by atoms with Crippen LogP contribution in [-0.4, -0.2) is 31.3 Å². The molecule has 0 aromatic heterocycles. The Morgan fingerprint density at radius 3 is 2.27 bits per heavy atom. The maximum Gasteiger partial charge on any atom is 0.402 e. The molecule has 0 saturated heterocycles. The first-order valence-electron chi connectivity index (χ1n) is 2.21. The molecule has 0 fully saturated rings. The molecule has 8 heteroatoms. The Labute approximate surface area is 60.7 Å². The van der Waals surface area contributed by atoms with Crippen LogP contribution in [0.1, 0.15) is 0 Å². The second kappa shape index (κ2) is 3.09. The molecule has 0 saturated carbocycles. The van der Waals surface area contributed by atoms with Crippen LogP contribution in [0.5, 0.6) is 0 Å². The van der Waals surface area contributed by atoms with Crippen LogP contribution in [-0.2, 0) is 19.6 Å². The molecular formula is C3H4F2O5S. The summed E-state index contributed by atoms with van der Waals surface area (Å²) < 4.78 is 54.8. The molecule has 11 heavy (non-hydrogen) atoms. The lowest BCUT2D eigenvalue weighted by molar-refractivity contribution is -0.134. The lowest BCUT2D eigenvalue weighted by Gasteiger charge is -2.09. The molecule has 0 radical (unpaired) electrons. The summed E-state index contributed by atoms with van der Waals surface area (Å²) in [5, 5.41) is -4.44. The molecule has 0 bridgehead atoms. The van der Waals surface area contributed by atoms with Crippen LogP contribution in [0, 0.1) is 0 Å². The van der Waals surface area contributed by atoms with Crippen molar-refractivity contribution in [2.45, 2.75) is 5.25 Å². The molecule has 0 aromatic rings. The van der Waals surface area contributed by atoms with Gasteiger partial charge in [-0.15, -0.1) is 0 Å². The van der Waals surface area contributed by atoms with Crippen LogP contribution >= 0.6 is 0 Å². The first-order chi connectivity index (χ1) is 4.81. The van der Waals surface area contributed by atoms with Crippen LogP contribution < -0.4 is 0 Å². The van der Waals surface area contributed by atoms with Crippen molar-refractivity contribution in [2.24, 2.45) is 0 Å². The first-order valence-corrected chi connectivity index (χ1v) is 3.65. The van der Waals surface area contributed by atoms with Crippen molar-refractivity contribution in [3.05, 3.63) is 0 Å². The fourth-order valence-corrected chi connectivity index (χ4v) is 0.422. The van der Waals surface area contributed by atoms with Gasteiger partial charge in [0.15, 0.2) is 6.61 Å². The van der Waals surface area contributed by atoms with E-state index in [0.717, 1.165) is 0 Å². The zero-order valence-corrected chi connectivity index (χ0v) is 5.85. The highest BCUT2D eigenvalue weighted by Crippen LogP contribution is 2.19. The number of hydrogen-bond donors (Lipinski definition) is 1. The van der Waals surface area contributed by atoms with E-state index >= 15 is 0 Å². The van der Waals surface area contributed by atoms with E-state index in [1.165, 1.54) is 0 Å². The quantitative estimate of drug-likeness (QED) is 0.483. The zero-order valence-electron chi connectivity index (χ0n) is 5.03. The molecule has 66 valence electrons. The van der Waals surface area contributed by atoms with Crippen molar-refractivity contribution in [1.82, 2.24) is 0 Å². The Hall–Kier alpha value is -0.760. The van der Waals surface area contributed by atoms with Crippen LogP contribution in [0.2, 0.25) is 0 Å². The number of rotatable bonds is 4. The second-order valence-electron chi connectivity index (χ2n) is 1.52. The molecule has 0 rings (SSSR count). The van der Waals surface area contributed by atoms with Crippen molar-refractivity contribution in [3.8, 4) is 0 Å². The van der Waals surface area contributed by atoms with Gasteiger partial charge in [0, 0.05) is 0 Å². The van der Waals surface area contributed by atoms with Crippen molar-refractivity contribution in [1.29, 1.82) is 0 Å². The number of alkyl halides is 2. The summed E-state index contributed by atoms with van der Waals surface area (Å²) in [6.07, 6.45) is 0. The third-order valence-corrected chi connectivity index (χ3v) is 1.57. The molecule has 0 heterocycles. The number of ether oxygens (including phenoxy) is 1. The summed E-state index contributed by atoms with van der Waals surface area (Å²) in [6.45, 7) is -2.03. The van der Waals surface area contributed by atoms with Gasteiger partial charge in [0.1, 0.15) is 0 Å². The van der Waals surface area contributed by atoms with Crippen molar-refractivity contribution in [3.63, 3.8) is 0 Å². The molecule has 0 spiro atoms. The monoisotopic (exact) mass is 190 g/mol. The van der Waals surface area contributed by atoms with Gasteiger partial charge in [0.2, 0.25) is 0 Å². The minimum atomic E-state index is -5.49. The highest BCUT2D eigenvalue weighted by Gasteiger charge is 2.44. The maximum atomic E-state index is 12.0. The van der Waals surface area contributed by atoms with Crippen LogP contribution in [0.3, 0.4) is 0 Å². The molecule has 0 amide bonds. The van der Waals surface area contributed by atoms with Gasteiger partial charge >= 0.3 is 15.4 Å². The van der Waals surface area contributed by atoms with Gasteiger partial charge in [0.25, 0.3) is 6.47 Å². The Morgan fingerprint density at radius 2 is 2.00 bits per heavy atom. The fraction of sp³-hybridized carbons (Fsp3) is 0.667. The van der Waals surface area contributed by atoms with E-state index in [9.17, 15) is 22.0 Å². The number of carbonyl (C=O) groups is 1. The van der Waals surface area contributed by atoms with Gasteiger partial charge in [-0.3, -0.25) is 9.35 Å². The number of halogens is 2. The Bertz CT molecular complexity index is 232. The summed E-state index contributed by atoms with van der Waals surface area (Å²) in [5.74, 6) is 0. The minimum absolute atomic E-state index is 0.348. The molecule has 1 N–H and O–H groups in total. The maximum absolute atomic E-state index is 12.0. The van der Waals surface area contributed by atoms with E-state index in [1.54, 1.807) is 0 Å². The zero-order chi connectivity index (χ0) is 9.12. The molecule has 0 unspecified atom stereocenters. The molecule has 0 aromatic carbocycles. The molecule has 0 atom stereocenters. The molecular weight excluding hydrogens is 186 g/mol. The van der Waals surface area contributed by atoms with Crippen molar-refractivity contribution < 1.29 is 31.3 Å². The fourth-order valence-electron chi connectivity index (χ4n) is 0.206. The summed E-state index contributed by atoms with van der Waals surface area (Å²) in [7, 11) is -5.49. The van der Waals surface area contributed by atoms with Gasteiger partial charge in [0.05, 0.1) is 0 Å². The topological polar surface area (TPSA) is 80.7 Å². The Morgan fingerprint density at radius 1 is 1.55 bits per heavy atom. The Balaban J connectivity index is 4.35. The van der Waals surface area contributed by atoms with E-state index in [4.69, 9.17) is 4.55 Å². The van der Waals surface area contributed by atoms with Crippen LogP contribution in [0.4, 0.5) is 8.78 Å². The van der Waals surface area contributed by atoms with E-state index in [2.05, 4.69) is 4.74 Å². The normalized spacial score (nSPS) is 12.6. The summed E-state index contributed by atoms with van der Waals surface area (Å²) in [6, 6.07) is 0. The lowest BCUT2D eigenvalue weighted by Crippen LogP contribution is -2.33. The predicted molar refractivity (Wildman–Crippen MR) is 28.5 cm³/mol. The van der Waals surface area contributed by atoms with E-state index in [1.807, 2.05) is 0 Å². The van der Waals surface area contributed by atoms with Crippen molar-refractivity contribution >= 4 is 16.6 Å². The van der Waals surface area contributed by atoms with Crippen molar-refractivity contribution in [2.75, 3.05) is 6.61 Å². The molecule has 0 aliphatic heterocycles. The molecule has 0 aliphatic rings. The highest BCUT2D eigenvalue weighted by atomic mass is 32.2. The van der Waals surface area contributed by atoms with E-state index < -0.39 is 22.0 Å². The van der Waals surface area contributed by atoms with Gasteiger partial charge < -0.3 is 4.74 Å². The second-order valence-corrected chi connectivity index (χ2v) is 3.07. The number of carbonyl (C=O) groups excluding carboxylic acids is 1. The predicted octanol–water partition coefficient (Wildman–Crippen LogP) is -0.360. The van der Waals surface area contributed by atoms with Gasteiger partial charge in [-0.25, -0.2) is 0 Å². The summed E-state index contributed by atoms with van der Waals surface area (Å²) in [4.78, 5) is 9.35. The lowest BCUT2D eigenvalue weighted by atomic mass is 10.8. The summed E-state index contributed by atoms with van der Waals surface area (Å²) >= 11 is 0. The molecule has 0 aliphatic carbocycles. The Kier molecular flexibility index (Phi) is 2.88. The van der Waals surface area contributed by atoms with E-state index in [0.29, 0.717) is 0 Å². The minimum Gasteiger partial charge on any atom is -0.460 e. The van der Waals surface area contributed by atoms with Crippen LogP contribution in [0.25, 0.3) is 0 Å². The van der Waals surface area contributed by atoms with Gasteiger partial charge in [-0.2, -0.15) is 17.2 Å². The van der Waals surface area contributed by atoms with Gasteiger partial charge in [-0.05, 0) is 0 Å². The van der Waals surface area contributed by atoms with Crippen LogP contribution in [0.15, 0.2) is 0 Å².